The molecule has 0 saturated heterocycles. The first-order chi connectivity index (χ1) is 13.5. The second-order valence-electron chi connectivity index (χ2n) is 6.46. The predicted molar refractivity (Wildman–Crippen MR) is 113 cm³/mol. The predicted octanol–water partition coefficient (Wildman–Crippen LogP) is 3.78. The van der Waals surface area contributed by atoms with E-state index >= 15 is 0 Å². The fourth-order valence-corrected chi connectivity index (χ4v) is 3.60. The van der Waals surface area contributed by atoms with E-state index in [9.17, 15) is 4.79 Å². The van der Waals surface area contributed by atoms with Gasteiger partial charge in [-0.2, -0.15) is 0 Å². The molecule has 5 nitrogen and oxygen atoms in total. The van der Waals surface area contributed by atoms with Gasteiger partial charge >= 0.3 is 0 Å². The molecule has 1 unspecified atom stereocenters. The molecular formula is C22H22N4OS. The van der Waals surface area contributed by atoms with Gasteiger partial charge in [0.2, 0.25) is 5.91 Å². The van der Waals surface area contributed by atoms with E-state index in [1.807, 2.05) is 47.9 Å². The summed E-state index contributed by atoms with van der Waals surface area (Å²) in [6, 6.07) is 16.1. The molecule has 0 saturated carbocycles. The average molecular weight is 391 g/mol. The summed E-state index contributed by atoms with van der Waals surface area (Å²) in [5.41, 5.74) is 4.32. The van der Waals surface area contributed by atoms with E-state index in [1.165, 1.54) is 22.9 Å². The number of carbonyl (C=O) groups is 1. The largest absolute Gasteiger partial charge is 0.344 e. The molecule has 3 rings (SSSR count). The smallest absolute Gasteiger partial charge is 0.234 e. The van der Waals surface area contributed by atoms with E-state index in [-0.39, 0.29) is 17.7 Å². The van der Waals surface area contributed by atoms with Gasteiger partial charge in [0.15, 0.2) is 11.0 Å². The summed E-state index contributed by atoms with van der Waals surface area (Å²) in [5, 5.41) is 11.8. The van der Waals surface area contributed by atoms with E-state index < -0.39 is 0 Å². The summed E-state index contributed by atoms with van der Waals surface area (Å²) >= 11 is 1.36. The summed E-state index contributed by atoms with van der Waals surface area (Å²) in [4.78, 5) is 12.2. The number of terminal acetylenes is 1. The van der Waals surface area contributed by atoms with Gasteiger partial charge < -0.3 is 5.32 Å². The molecule has 0 spiro atoms. The van der Waals surface area contributed by atoms with Crippen molar-refractivity contribution in [3.63, 3.8) is 0 Å². The molecule has 0 aliphatic heterocycles. The summed E-state index contributed by atoms with van der Waals surface area (Å²) < 4.78 is 2.00. The van der Waals surface area contributed by atoms with Crippen molar-refractivity contribution >= 4 is 17.7 Å². The van der Waals surface area contributed by atoms with E-state index in [4.69, 9.17) is 6.42 Å². The molecule has 1 atom stereocenters. The number of thioether (sulfide) groups is 1. The minimum atomic E-state index is -0.355. The van der Waals surface area contributed by atoms with Crippen molar-refractivity contribution in [2.45, 2.75) is 31.2 Å². The average Bonchev–Trinajstić information content (AvgIpc) is 3.12. The number of aromatic nitrogens is 3. The summed E-state index contributed by atoms with van der Waals surface area (Å²) in [6.07, 6.45) is 5.23. The second-order valence-corrected chi connectivity index (χ2v) is 7.77. The maximum absolute atomic E-state index is 12.2. The van der Waals surface area contributed by atoms with Crippen LogP contribution in [0.2, 0.25) is 0 Å². The molecule has 3 aromatic rings. The zero-order valence-corrected chi connectivity index (χ0v) is 17.0. The van der Waals surface area contributed by atoms with Crippen LogP contribution in [0.5, 0.6) is 0 Å². The topological polar surface area (TPSA) is 59.8 Å². The van der Waals surface area contributed by atoms with Gasteiger partial charge in [-0.15, -0.1) is 16.6 Å². The first-order valence-electron chi connectivity index (χ1n) is 8.97. The zero-order valence-electron chi connectivity index (χ0n) is 16.1. The number of amides is 1. The molecule has 1 aromatic heterocycles. The Morgan fingerprint density at radius 1 is 1.18 bits per heavy atom. The maximum atomic E-state index is 12.2. The Bertz CT molecular complexity index is 1020. The van der Waals surface area contributed by atoms with Crippen LogP contribution in [0.3, 0.4) is 0 Å². The first kappa shape index (κ1) is 19.7. The Morgan fingerprint density at radius 2 is 1.93 bits per heavy atom. The Labute approximate surface area is 169 Å². The molecule has 1 amide bonds. The van der Waals surface area contributed by atoms with Crippen molar-refractivity contribution in [1.29, 1.82) is 0 Å². The lowest BCUT2D eigenvalue weighted by atomic mass is 10.1. The van der Waals surface area contributed by atoms with Crippen molar-refractivity contribution in [3.8, 4) is 29.4 Å². The third kappa shape index (κ3) is 4.26. The van der Waals surface area contributed by atoms with Crippen LogP contribution in [0.4, 0.5) is 0 Å². The van der Waals surface area contributed by atoms with Gasteiger partial charge in [-0.25, -0.2) is 0 Å². The van der Waals surface area contributed by atoms with E-state index in [2.05, 4.69) is 47.4 Å². The molecule has 1 N–H and O–H groups in total. The molecule has 1 heterocycles. The Kier molecular flexibility index (Phi) is 6.17. The standard InChI is InChI=1S/C22H22N4OS/c1-5-13-23-21(27)17(4)28-22-25-24-20(18-9-7-6-8-10-18)26(22)19-12-11-15(2)16(3)14-19/h1,6-12,14,17H,13H2,2-4H3,(H,23,27). The zero-order chi connectivity index (χ0) is 20.1. The van der Waals surface area contributed by atoms with Crippen molar-refractivity contribution in [2.75, 3.05) is 6.54 Å². The van der Waals surface area contributed by atoms with Gasteiger partial charge in [-0.05, 0) is 44.0 Å². The van der Waals surface area contributed by atoms with Crippen molar-refractivity contribution in [1.82, 2.24) is 20.1 Å². The summed E-state index contributed by atoms with van der Waals surface area (Å²) in [5.74, 6) is 3.03. The minimum Gasteiger partial charge on any atom is -0.344 e. The van der Waals surface area contributed by atoms with Crippen LogP contribution in [0.1, 0.15) is 18.1 Å². The van der Waals surface area contributed by atoms with E-state index in [0.29, 0.717) is 5.16 Å². The highest BCUT2D eigenvalue weighted by Crippen LogP contribution is 2.30. The second kappa shape index (κ2) is 8.77. The van der Waals surface area contributed by atoms with Gasteiger partial charge in [0.25, 0.3) is 0 Å². The number of nitrogens with zero attached hydrogens (tertiary/aromatic N) is 3. The fraction of sp³-hybridized carbons (Fsp3) is 0.227. The molecule has 0 aliphatic carbocycles. The molecule has 142 valence electrons. The van der Waals surface area contributed by atoms with Gasteiger partial charge in [0.1, 0.15) is 0 Å². The number of hydrogen-bond donors (Lipinski definition) is 1. The third-order valence-electron chi connectivity index (χ3n) is 4.43. The third-order valence-corrected chi connectivity index (χ3v) is 5.47. The number of benzene rings is 2. The lowest BCUT2D eigenvalue weighted by molar-refractivity contribution is -0.120. The number of nitrogens with one attached hydrogen (secondary N) is 1. The van der Waals surface area contributed by atoms with Crippen LogP contribution >= 0.6 is 11.8 Å². The number of hydrogen-bond acceptors (Lipinski definition) is 4. The lowest BCUT2D eigenvalue weighted by Crippen LogP contribution is -2.31. The number of aryl methyl sites for hydroxylation is 2. The molecule has 28 heavy (non-hydrogen) atoms. The Hall–Kier alpha value is -3.04. The van der Waals surface area contributed by atoms with Gasteiger partial charge in [0, 0.05) is 5.56 Å². The van der Waals surface area contributed by atoms with Gasteiger partial charge in [-0.1, -0.05) is 54.1 Å². The van der Waals surface area contributed by atoms with Crippen LogP contribution in [0.25, 0.3) is 17.1 Å². The number of rotatable bonds is 6. The van der Waals surface area contributed by atoms with Crippen molar-refractivity contribution < 1.29 is 4.79 Å². The number of carbonyl (C=O) groups excluding carboxylic acids is 1. The monoisotopic (exact) mass is 390 g/mol. The summed E-state index contributed by atoms with van der Waals surface area (Å²) in [7, 11) is 0. The van der Waals surface area contributed by atoms with Crippen LogP contribution in [-0.4, -0.2) is 32.5 Å². The van der Waals surface area contributed by atoms with Crippen LogP contribution in [0.15, 0.2) is 53.7 Å². The molecule has 2 aromatic carbocycles. The fourth-order valence-electron chi connectivity index (χ4n) is 2.71. The van der Waals surface area contributed by atoms with Gasteiger partial charge in [-0.3, -0.25) is 9.36 Å². The lowest BCUT2D eigenvalue weighted by Gasteiger charge is -2.14. The van der Waals surface area contributed by atoms with Crippen LogP contribution in [-0.2, 0) is 4.79 Å². The maximum Gasteiger partial charge on any atom is 0.234 e. The Morgan fingerprint density at radius 3 is 2.61 bits per heavy atom. The van der Waals surface area contributed by atoms with E-state index in [1.54, 1.807) is 0 Å². The highest BCUT2D eigenvalue weighted by atomic mass is 32.2. The quantitative estimate of drug-likeness (QED) is 0.514. The van der Waals surface area contributed by atoms with Gasteiger partial charge in [0.05, 0.1) is 17.5 Å². The van der Waals surface area contributed by atoms with Crippen LogP contribution in [0, 0.1) is 26.2 Å². The minimum absolute atomic E-state index is 0.126. The molecule has 0 radical (unpaired) electrons. The SMILES string of the molecule is C#CCNC(=O)C(C)Sc1nnc(-c2ccccc2)n1-c1ccc(C)c(C)c1. The van der Waals surface area contributed by atoms with Crippen LogP contribution < -0.4 is 5.32 Å². The summed E-state index contributed by atoms with van der Waals surface area (Å²) in [6.45, 7) is 6.20. The van der Waals surface area contributed by atoms with Crippen molar-refractivity contribution in [2.24, 2.45) is 0 Å². The van der Waals surface area contributed by atoms with Crippen molar-refractivity contribution in [3.05, 3.63) is 59.7 Å². The molecule has 0 bridgehead atoms. The first-order valence-corrected chi connectivity index (χ1v) is 9.85. The normalized spacial score (nSPS) is 11.6. The highest BCUT2D eigenvalue weighted by Gasteiger charge is 2.21. The Balaban J connectivity index is 2.03. The molecule has 0 aliphatic rings. The van der Waals surface area contributed by atoms with E-state index in [0.717, 1.165) is 17.1 Å². The molecular weight excluding hydrogens is 368 g/mol. The highest BCUT2D eigenvalue weighted by molar-refractivity contribution is 8.00. The molecule has 0 fully saturated rings. The molecule has 6 heteroatoms.